The minimum Gasteiger partial charge on any atom is -0.309 e. The van der Waals surface area contributed by atoms with E-state index in [4.69, 9.17) is 0 Å². The molecule has 2 rings (SSSR count). The molecule has 0 aliphatic carbocycles. The summed E-state index contributed by atoms with van der Waals surface area (Å²) in [7, 11) is 0. The van der Waals surface area contributed by atoms with Crippen molar-refractivity contribution >= 4 is 23.1 Å². The van der Waals surface area contributed by atoms with Gasteiger partial charge in [-0.05, 0) is 49.5 Å². The predicted molar refractivity (Wildman–Crippen MR) is 87.4 cm³/mol. The molecule has 0 saturated carbocycles. The highest BCUT2D eigenvalue weighted by Crippen LogP contribution is 2.27. The van der Waals surface area contributed by atoms with Gasteiger partial charge >= 0.3 is 0 Å². The third kappa shape index (κ3) is 4.37. The van der Waals surface area contributed by atoms with Crippen LogP contribution in [0.15, 0.2) is 40.6 Å². The molecule has 1 nitrogen and oxygen atoms in total. The van der Waals surface area contributed by atoms with Gasteiger partial charge in [-0.25, -0.2) is 0 Å². The molecule has 0 amide bonds. The molecule has 19 heavy (non-hydrogen) atoms. The quantitative estimate of drug-likeness (QED) is 0.767. The molecular weight excluding hydrogens is 270 g/mol. The third-order valence-corrected chi connectivity index (χ3v) is 4.98. The Morgan fingerprint density at radius 3 is 2.74 bits per heavy atom. The van der Waals surface area contributed by atoms with Crippen molar-refractivity contribution in [3.8, 4) is 0 Å². The van der Waals surface area contributed by atoms with E-state index in [1.807, 2.05) is 23.1 Å². The number of hydrogen-bond acceptors (Lipinski definition) is 3. The molecule has 0 aliphatic heterocycles. The van der Waals surface area contributed by atoms with E-state index in [1.165, 1.54) is 20.9 Å². The van der Waals surface area contributed by atoms with Gasteiger partial charge < -0.3 is 5.32 Å². The topological polar surface area (TPSA) is 12.0 Å². The Kier molecular flexibility index (Phi) is 5.49. The van der Waals surface area contributed by atoms with Gasteiger partial charge in [0.15, 0.2) is 0 Å². The zero-order chi connectivity index (χ0) is 13.7. The second kappa shape index (κ2) is 7.13. The summed E-state index contributed by atoms with van der Waals surface area (Å²) in [5, 5.41) is 5.86. The lowest BCUT2D eigenvalue weighted by atomic mass is 10.2. The number of aryl methyl sites for hydroxylation is 2. The summed E-state index contributed by atoms with van der Waals surface area (Å²) >= 11 is 3.76. The highest BCUT2D eigenvalue weighted by molar-refractivity contribution is 7.99. The van der Waals surface area contributed by atoms with E-state index < -0.39 is 0 Å². The molecule has 1 aromatic heterocycles. The van der Waals surface area contributed by atoms with Crippen molar-refractivity contribution in [3.63, 3.8) is 0 Å². The van der Waals surface area contributed by atoms with Gasteiger partial charge in [-0.15, -0.1) is 23.1 Å². The van der Waals surface area contributed by atoms with E-state index in [0.29, 0.717) is 6.04 Å². The minimum atomic E-state index is 0.445. The summed E-state index contributed by atoms with van der Waals surface area (Å²) < 4.78 is 0. The highest BCUT2D eigenvalue weighted by Gasteiger charge is 2.12. The SMILES string of the molecule is CCNC(CSc1cccc(C)c1)c1csc(C)c1. The number of thiophene rings is 1. The van der Waals surface area contributed by atoms with Gasteiger partial charge in [-0.1, -0.05) is 24.6 Å². The van der Waals surface area contributed by atoms with Crippen molar-refractivity contribution in [1.82, 2.24) is 5.32 Å². The Bertz CT molecular complexity index is 519. The molecule has 3 heteroatoms. The van der Waals surface area contributed by atoms with E-state index >= 15 is 0 Å². The molecule has 0 radical (unpaired) electrons. The number of thioether (sulfide) groups is 1. The van der Waals surface area contributed by atoms with Gasteiger partial charge in [0.2, 0.25) is 0 Å². The maximum atomic E-state index is 3.58. The Morgan fingerprint density at radius 2 is 2.11 bits per heavy atom. The van der Waals surface area contributed by atoms with Crippen LogP contribution in [0.3, 0.4) is 0 Å². The van der Waals surface area contributed by atoms with E-state index in [9.17, 15) is 0 Å². The highest BCUT2D eigenvalue weighted by atomic mass is 32.2. The lowest BCUT2D eigenvalue weighted by Crippen LogP contribution is -2.22. The molecular formula is C16H21NS2. The summed E-state index contributed by atoms with van der Waals surface area (Å²) in [5.41, 5.74) is 2.75. The Labute approximate surface area is 124 Å². The summed E-state index contributed by atoms with van der Waals surface area (Å²) in [6.45, 7) is 7.50. The monoisotopic (exact) mass is 291 g/mol. The van der Waals surface area contributed by atoms with Crippen molar-refractivity contribution in [3.05, 3.63) is 51.7 Å². The predicted octanol–water partition coefficient (Wildman–Crippen LogP) is 4.81. The van der Waals surface area contributed by atoms with Crippen molar-refractivity contribution in [2.24, 2.45) is 0 Å². The van der Waals surface area contributed by atoms with Gasteiger partial charge in [0, 0.05) is 21.6 Å². The maximum Gasteiger partial charge on any atom is 0.0423 e. The maximum absolute atomic E-state index is 3.58. The van der Waals surface area contributed by atoms with Crippen LogP contribution in [0.5, 0.6) is 0 Å². The standard InChI is InChI=1S/C16H21NS2/c1-4-17-16(14-9-13(3)18-10-14)11-19-15-7-5-6-12(2)8-15/h5-10,16-17H,4,11H2,1-3H3. The molecule has 102 valence electrons. The van der Waals surface area contributed by atoms with E-state index in [2.05, 4.69) is 61.8 Å². The van der Waals surface area contributed by atoms with E-state index in [1.54, 1.807) is 0 Å². The summed E-state index contributed by atoms with van der Waals surface area (Å²) in [5.74, 6) is 1.08. The Morgan fingerprint density at radius 1 is 1.26 bits per heavy atom. The van der Waals surface area contributed by atoms with Gasteiger partial charge in [0.1, 0.15) is 0 Å². The molecule has 1 atom stereocenters. The number of hydrogen-bond donors (Lipinski definition) is 1. The van der Waals surface area contributed by atoms with Gasteiger partial charge in [-0.2, -0.15) is 0 Å². The molecule has 0 spiro atoms. The molecule has 1 unspecified atom stereocenters. The zero-order valence-electron chi connectivity index (χ0n) is 11.8. The van der Waals surface area contributed by atoms with Crippen LogP contribution in [0, 0.1) is 13.8 Å². The van der Waals surface area contributed by atoms with Crippen molar-refractivity contribution in [2.75, 3.05) is 12.3 Å². The zero-order valence-corrected chi connectivity index (χ0v) is 13.4. The first-order valence-corrected chi connectivity index (χ1v) is 8.53. The fourth-order valence-corrected chi connectivity index (χ4v) is 3.92. The van der Waals surface area contributed by atoms with Gasteiger partial charge in [0.25, 0.3) is 0 Å². The molecule has 2 aromatic rings. The van der Waals surface area contributed by atoms with Crippen LogP contribution in [0.1, 0.15) is 29.0 Å². The fraction of sp³-hybridized carbons (Fsp3) is 0.375. The van der Waals surface area contributed by atoms with E-state index in [0.717, 1.165) is 12.3 Å². The van der Waals surface area contributed by atoms with Crippen molar-refractivity contribution in [1.29, 1.82) is 0 Å². The van der Waals surface area contributed by atoms with E-state index in [-0.39, 0.29) is 0 Å². The largest absolute Gasteiger partial charge is 0.309 e. The summed E-state index contributed by atoms with van der Waals surface area (Å²) in [6, 6.07) is 11.5. The van der Waals surface area contributed by atoms with Gasteiger partial charge in [-0.3, -0.25) is 0 Å². The molecule has 0 bridgehead atoms. The first-order chi connectivity index (χ1) is 9.19. The number of rotatable bonds is 6. The molecule has 1 N–H and O–H groups in total. The van der Waals surface area contributed by atoms with Crippen LogP contribution in [0.25, 0.3) is 0 Å². The van der Waals surface area contributed by atoms with Crippen LogP contribution >= 0.6 is 23.1 Å². The fourth-order valence-electron chi connectivity index (χ4n) is 2.05. The third-order valence-electron chi connectivity index (χ3n) is 3.01. The van der Waals surface area contributed by atoms with Crippen LogP contribution < -0.4 is 5.32 Å². The summed E-state index contributed by atoms with van der Waals surface area (Å²) in [4.78, 5) is 2.74. The Hall–Kier alpha value is -0.770. The second-order valence-electron chi connectivity index (χ2n) is 4.73. The lowest BCUT2D eigenvalue weighted by molar-refractivity contribution is 0.607. The van der Waals surface area contributed by atoms with Crippen LogP contribution in [0.2, 0.25) is 0 Å². The van der Waals surface area contributed by atoms with Crippen molar-refractivity contribution in [2.45, 2.75) is 31.7 Å². The normalized spacial score (nSPS) is 12.6. The molecule has 1 aromatic carbocycles. The van der Waals surface area contributed by atoms with Crippen LogP contribution in [0.4, 0.5) is 0 Å². The molecule has 0 saturated heterocycles. The number of nitrogens with one attached hydrogen (secondary N) is 1. The first kappa shape index (κ1) is 14.6. The van der Waals surface area contributed by atoms with Gasteiger partial charge in [0.05, 0.1) is 0 Å². The van der Waals surface area contributed by atoms with Crippen LogP contribution in [-0.2, 0) is 0 Å². The smallest absolute Gasteiger partial charge is 0.0423 e. The Balaban J connectivity index is 2.01. The minimum absolute atomic E-state index is 0.445. The first-order valence-electron chi connectivity index (χ1n) is 6.67. The van der Waals surface area contributed by atoms with Crippen LogP contribution in [-0.4, -0.2) is 12.3 Å². The second-order valence-corrected chi connectivity index (χ2v) is 6.94. The summed E-state index contributed by atoms with van der Waals surface area (Å²) in [6.07, 6.45) is 0. The lowest BCUT2D eigenvalue weighted by Gasteiger charge is -2.16. The molecule has 0 fully saturated rings. The average Bonchev–Trinajstić information content (AvgIpc) is 2.81. The average molecular weight is 291 g/mol. The molecule has 0 aliphatic rings. The molecule has 1 heterocycles. The van der Waals surface area contributed by atoms with Crippen molar-refractivity contribution < 1.29 is 0 Å². The number of benzene rings is 1.